The van der Waals surface area contributed by atoms with E-state index >= 15 is 0 Å². The summed E-state index contributed by atoms with van der Waals surface area (Å²) in [7, 11) is 3.24. The smallest absolute Gasteiger partial charge is 0.238 e. The molecule has 0 bridgehead atoms. The zero-order valence-electron chi connectivity index (χ0n) is 14.7. The molecular weight excluding hydrogens is 330 g/mol. The molecule has 0 radical (unpaired) electrons. The van der Waals surface area contributed by atoms with Gasteiger partial charge in [0.25, 0.3) is 0 Å². The first-order chi connectivity index (χ1) is 11.3. The molecule has 1 aromatic rings. The second-order valence-electron chi connectivity index (χ2n) is 5.82. The molecule has 1 rings (SSSR count). The number of likely N-dealkylation sites (N-methyl/N-ethyl adjacent to an activating group) is 1. The summed E-state index contributed by atoms with van der Waals surface area (Å²) in [6.07, 6.45) is 1.95. The number of amides is 2. The molecule has 2 N–H and O–H groups in total. The summed E-state index contributed by atoms with van der Waals surface area (Å²) in [5.74, 6) is 0.195. The highest BCUT2D eigenvalue weighted by Crippen LogP contribution is 2.27. The molecule has 0 aliphatic rings. The third-order valence-electron chi connectivity index (χ3n) is 3.39. The van der Waals surface area contributed by atoms with Crippen LogP contribution in [0.25, 0.3) is 0 Å². The average molecular weight is 356 g/mol. The van der Waals surface area contributed by atoms with Crippen molar-refractivity contribution in [1.29, 1.82) is 0 Å². The Bertz CT molecular complexity index is 566. The summed E-state index contributed by atoms with van der Waals surface area (Å²) in [6.45, 7) is 4.29. The Labute approximate surface area is 148 Å². The predicted octanol–water partition coefficient (Wildman–Crippen LogP) is 2.52. The third kappa shape index (κ3) is 7.19. The number of anilines is 1. The van der Waals surface area contributed by atoms with Gasteiger partial charge in [0.05, 0.1) is 25.9 Å². The lowest BCUT2D eigenvalue weighted by atomic mass is 10.2. The summed E-state index contributed by atoms with van der Waals surface area (Å²) in [5.41, 5.74) is 0.504. The average Bonchev–Trinajstić information content (AvgIpc) is 2.46. The Hall–Kier alpha value is -1.79. The highest BCUT2D eigenvalue weighted by molar-refractivity contribution is 6.31. The number of nitrogens with zero attached hydrogens (tertiary/aromatic N) is 1. The van der Waals surface area contributed by atoms with Crippen LogP contribution in [0.3, 0.4) is 0 Å². The van der Waals surface area contributed by atoms with Crippen LogP contribution in [0.1, 0.15) is 26.7 Å². The first kappa shape index (κ1) is 20.3. The van der Waals surface area contributed by atoms with Crippen molar-refractivity contribution in [3.63, 3.8) is 0 Å². The van der Waals surface area contributed by atoms with Gasteiger partial charge in [-0.3, -0.25) is 14.5 Å². The molecule has 1 unspecified atom stereocenters. The topological polar surface area (TPSA) is 70.7 Å². The summed E-state index contributed by atoms with van der Waals surface area (Å²) >= 11 is 5.94. The molecule has 1 atom stereocenters. The van der Waals surface area contributed by atoms with Crippen LogP contribution < -0.4 is 15.4 Å². The molecule has 134 valence electrons. The molecular formula is C17H26ClN3O3. The summed E-state index contributed by atoms with van der Waals surface area (Å²) in [5, 5.41) is 6.16. The lowest BCUT2D eigenvalue weighted by Gasteiger charge is -2.19. The van der Waals surface area contributed by atoms with Crippen molar-refractivity contribution >= 4 is 29.1 Å². The van der Waals surface area contributed by atoms with Gasteiger partial charge in [-0.15, -0.1) is 0 Å². The van der Waals surface area contributed by atoms with Crippen LogP contribution >= 0.6 is 11.6 Å². The number of methoxy groups -OCH3 is 1. The van der Waals surface area contributed by atoms with Gasteiger partial charge in [0.1, 0.15) is 5.75 Å². The summed E-state index contributed by atoms with van der Waals surface area (Å²) < 4.78 is 5.19. The lowest BCUT2D eigenvalue weighted by molar-refractivity contribution is -0.123. The fourth-order valence-corrected chi connectivity index (χ4v) is 2.51. The van der Waals surface area contributed by atoms with Gasteiger partial charge in [-0.1, -0.05) is 24.9 Å². The Morgan fingerprint density at radius 1 is 1.29 bits per heavy atom. The van der Waals surface area contributed by atoms with Gasteiger partial charge in [-0.2, -0.15) is 0 Å². The molecule has 0 heterocycles. The number of carbonyl (C=O) groups excluding carboxylic acids is 2. The Balaban J connectivity index is 2.50. The Morgan fingerprint density at radius 3 is 2.58 bits per heavy atom. The van der Waals surface area contributed by atoms with E-state index in [1.165, 1.54) is 7.11 Å². The van der Waals surface area contributed by atoms with Crippen molar-refractivity contribution in [3.8, 4) is 5.75 Å². The molecule has 1 aromatic carbocycles. The van der Waals surface area contributed by atoms with E-state index in [2.05, 4.69) is 17.6 Å². The van der Waals surface area contributed by atoms with Gasteiger partial charge in [0.15, 0.2) is 0 Å². The second kappa shape index (κ2) is 10.2. The number of hydrogen-bond acceptors (Lipinski definition) is 4. The Morgan fingerprint density at radius 2 is 1.96 bits per heavy atom. The van der Waals surface area contributed by atoms with Gasteiger partial charge in [-0.05, 0) is 38.6 Å². The largest absolute Gasteiger partial charge is 0.495 e. The van der Waals surface area contributed by atoms with Gasteiger partial charge in [0.2, 0.25) is 11.8 Å². The van der Waals surface area contributed by atoms with Crippen LogP contribution in [0.2, 0.25) is 5.02 Å². The van der Waals surface area contributed by atoms with Crippen LogP contribution in [0.4, 0.5) is 5.69 Å². The van der Waals surface area contributed by atoms with Crippen LogP contribution in [0, 0.1) is 0 Å². The molecule has 0 aromatic heterocycles. The van der Waals surface area contributed by atoms with E-state index in [4.69, 9.17) is 16.3 Å². The first-order valence-electron chi connectivity index (χ1n) is 7.97. The van der Waals surface area contributed by atoms with Gasteiger partial charge >= 0.3 is 0 Å². The Kier molecular flexibility index (Phi) is 8.57. The zero-order chi connectivity index (χ0) is 18.1. The number of ether oxygens (including phenoxy) is 1. The van der Waals surface area contributed by atoms with E-state index in [0.717, 1.165) is 12.8 Å². The molecule has 0 fully saturated rings. The maximum atomic E-state index is 12.1. The number of halogens is 1. The van der Waals surface area contributed by atoms with Crippen molar-refractivity contribution in [2.45, 2.75) is 32.7 Å². The van der Waals surface area contributed by atoms with E-state index in [0.29, 0.717) is 16.5 Å². The highest BCUT2D eigenvalue weighted by atomic mass is 35.5. The normalized spacial score (nSPS) is 11.9. The summed E-state index contributed by atoms with van der Waals surface area (Å²) in [6, 6.07) is 5.13. The van der Waals surface area contributed by atoms with Crippen molar-refractivity contribution in [2.24, 2.45) is 0 Å². The minimum atomic E-state index is -0.243. The highest BCUT2D eigenvalue weighted by Gasteiger charge is 2.14. The predicted molar refractivity (Wildman–Crippen MR) is 96.6 cm³/mol. The molecule has 0 aliphatic carbocycles. The molecule has 24 heavy (non-hydrogen) atoms. The number of benzene rings is 1. The minimum Gasteiger partial charge on any atom is -0.495 e. The molecule has 0 saturated heterocycles. The van der Waals surface area contributed by atoms with E-state index in [9.17, 15) is 9.59 Å². The molecule has 6 nitrogen and oxygen atoms in total. The monoisotopic (exact) mass is 355 g/mol. The maximum absolute atomic E-state index is 12.1. The fourth-order valence-electron chi connectivity index (χ4n) is 2.34. The van der Waals surface area contributed by atoms with Crippen LogP contribution in [-0.2, 0) is 9.59 Å². The van der Waals surface area contributed by atoms with Crippen molar-refractivity contribution in [1.82, 2.24) is 10.2 Å². The van der Waals surface area contributed by atoms with E-state index in [-0.39, 0.29) is 30.9 Å². The zero-order valence-corrected chi connectivity index (χ0v) is 15.4. The summed E-state index contributed by atoms with van der Waals surface area (Å²) in [4.78, 5) is 25.7. The number of hydrogen-bond donors (Lipinski definition) is 2. The molecule has 0 aliphatic heterocycles. The van der Waals surface area contributed by atoms with Gasteiger partial charge in [0, 0.05) is 11.1 Å². The van der Waals surface area contributed by atoms with Crippen LogP contribution in [0.5, 0.6) is 5.75 Å². The van der Waals surface area contributed by atoms with Crippen molar-refractivity contribution in [3.05, 3.63) is 23.2 Å². The number of rotatable bonds is 9. The van der Waals surface area contributed by atoms with Crippen molar-refractivity contribution < 1.29 is 14.3 Å². The van der Waals surface area contributed by atoms with E-state index < -0.39 is 0 Å². The standard InChI is InChI=1S/C17H26ClN3O3/c1-5-6-12(2)19-16(22)10-21(3)11-17(23)20-14-9-13(18)7-8-15(14)24-4/h7-9,12H,5-6,10-11H2,1-4H3,(H,19,22)(H,20,23). The van der Waals surface area contributed by atoms with E-state index in [1.807, 2.05) is 6.92 Å². The van der Waals surface area contributed by atoms with Gasteiger partial charge in [-0.25, -0.2) is 0 Å². The van der Waals surface area contributed by atoms with Crippen molar-refractivity contribution in [2.75, 3.05) is 32.6 Å². The SMILES string of the molecule is CCCC(C)NC(=O)CN(C)CC(=O)Nc1cc(Cl)ccc1OC. The minimum absolute atomic E-state index is 0.0885. The van der Waals surface area contributed by atoms with Gasteiger partial charge < -0.3 is 15.4 Å². The molecule has 0 saturated carbocycles. The third-order valence-corrected chi connectivity index (χ3v) is 3.63. The molecule has 7 heteroatoms. The van der Waals surface area contributed by atoms with E-state index in [1.54, 1.807) is 30.1 Å². The quantitative estimate of drug-likeness (QED) is 0.714. The molecule has 2 amide bonds. The maximum Gasteiger partial charge on any atom is 0.238 e. The van der Waals surface area contributed by atoms with Crippen LogP contribution in [-0.4, -0.2) is 50.0 Å². The number of nitrogens with one attached hydrogen (secondary N) is 2. The first-order valence-corrected chi connectivity index (χ1v) is 8.34. The van der Waals surface area contributed by atoms with Crippen LogP contribution in [0.15, 0.2) is 18.2 Å². The molecule has 0 spiro atoms. The second-order valence-corrected chi connectivity index (χ2v) is 6.26. The lowest BCUT2D eigenvalue weighted by Crippen LogP contribution is -2.41. The fraction of sp³-hybridized carbons (Fsp3) is 0.529. The number of carbonyl (C=O) groups is 2.